The molecule has 1 aliphatic heterocycles. The van der Waals surface area contributed by atoms with Gasteiger partial charge in [-0.2, -0.15) is 0 Å². The number of piperazine rings is 1. The summed E-state index contributed by atoms with van der Waals surface area (Å²) in [5, 5.41) is 9.02. The van der Waals surface area contributed by atoms with Gasteiger partial charge >= 0.3 is 0 Å². The second-order valence-corrected chi connectivity index (χ2v) is 4.21. The minimum Gasteiger partial charge on any atom is -0.392 e. The van der Waals surface area contributed by atoms with Crippen LogP contribution >= 0.6 is 0 Å². The average Bonchev–Trinajstić information content (AvgIpc) is 2.32. The molecule has 1 fully saturated rings. The van der Waals surface area contributed by atoms with E-state index >= 15 is 0 Å². The highest BCUT2D eigenvalue weighted by Crippen LogP contribution is 2.20. The largest absolute Gasteiger partial charge is 0.392 e. The number of likely N-dealkylation sites (N-methyl/N-ethyl adjacent to an activating group) is 1. The van der Waals surface area contributed by atoms with Crippen molar-refractivity contribution in [1.29, 1.82) is 0 Å². The number of amides is 1. The Balaban J connectivity index is 2.22. The molecule has 0 unspecified atom stereocenters. The van der Waals surface area contributed by atoms with E-state index in [-0.39, 0.29) is 19.1 Å². The molecule has 1 aromatic rings. The smallest absolute Gasteiger partial charge is 0.241 e. The molecule has 5 heteroatoms. The molecular formula is C12H15FN2O2. The summed E-state index contributed by atoms with van der Waals surface area (Å²) in [6.45, 7) is 1.36. The fraction of sp³-hybridized carbons (Fsp3) is 0.417. The SMILES string of the molecule is CN1CCN(c2cc(F)cc(CO)c2)CC1=O. The minimum atomic E-state index is -0.391. The van der Waals surface area contributed by atoms with Gasteiger partial charge in [-0.05, 0) is 23.8 Å². The molecule has 4 nitrogen and oxygen atoms in total. The van der Waals surface area contributed by atoms with Gasteiger partial charge < -0.3 is 14.9 Å². The molecular weight excluding hydrogens is 223 g/mol. The number of aliphatic hydroxyl groups excluding tert-OH is 1. The van der Waals surface area contributed by atoms with Gasteiger partial charge in [0.05, 0.1) is 13.2 Å². The first-order chi connectivity index (χ1) is 8.10. The van der Waals surface area contributed by atoms with Crippen LogP contribution in [0.3, 0.4) is 0 Å². The Labute approximate surface area is 99.3 Å². The summed E-state index contributed by atoms with van der Waals surface area (Å²) < 4.78 is 13.3. The highest BCUT2D eigenvalue weighted by atomic mass is 19.1. The lowest BCUT2D eigenvalue weighted by molar-refractivity contribution is -0.129. The van der Waals surface area contributed by atoms with Crippen LogP contribution in [0.25, 0.3) is 0 Å². The molecule has 0 aromatic heterocycles. The third-order valence-corrected chi connectivity index (χ3v) is 2.95. The zero-order valence-electron chi connectivity index (χ0n) is 9.69. The fourth-order valence-corrected chi connectivity index (χ4v) is 1.89. The number of aliphatic hydroxyl groups is 1. The molecule has 0 radical (unpaired) electrons. The van der Waals surface area contributed by atoms with Crippen LogP contribution in [-0.4, -0.2) is 42.6 Å². The number of hydrogen-bond donors (Lipinski definition) is 1. The summed E-state index contributed by atoms with van der Waals surface area (Å²) >= 11 is 0. The van der Waals surface area contributed by atoms with Gasteiger partial charge in [-0.1, -0.05) is 0 Å². The maximum Gasteiger partial charge on any atom is 0.241 e. The molecule has 1 N–H and O–H groups in total. The lowest BCUT2D eigenvalue weighted by Crippen LogP contribution is -2.48. The lowest BCUT2D eigenvalue weighted by atomic mass is 10.1. The van der Waals surface area contributed by atoms with E-state index in [1.165, 1.54) is 12.1 Å². The number of halogens is 1. The number of carbonyl (C=O) groups excluding carboxylic acids is 1. The van der Waals surface area contributed by atoms with Crippen LogP contribution in [0.15, 0.2) is 18.2 Å². The fourth-order valence-electron chi connectivity index (χ4n) is 1.89. The maximum atomic E-state index is 13.3. The molecule has 0 saturated carbocycles. The molecule has 1 heterocycles. The second kappa shape index (κ2) is 4.71. The van der Waals surface area contributed by atoms with E-state index in [1.807, 2.05) is 4.90 Å². The zero-order valence-corrected chi connectivity index (χ0v) is 9.69. The first-order valence-electron chi connectivity index (χ1n) is 5.49. The molecule has 0 aliphatic carbocycles. The first-order valence-corrected chi connectivity index (χ1v) is 5.49. The Hall–Kier alpha value is -1.62. The van der Waals surface area contributed by atoms with Crippen LogP contribution in [0.2, 0.25) is 0 Å². The molecule has 17 heavy (non-hydrogen) atoms. The Morgan fingerprint density at radius 1 is 1.35 bits per heavy atom. The molecule has 1 aromatic carbocycles. The Kier molecular flexibility index (Phi) is 3.28. The predicted molar refractivity (Wildman–Crippen MR) is 62.2 cm³/mol. The van der Waals surface area contributed by atoms with E-state index in [9.17, 15) is 9.18 Å². The number of nitrogens with zero attached hydrogens (tertiary/aromatic N) is 2. The Morgan fingerprint density at radius 3 is 2.76 bits per heavy atom. The summed E-state index contributed by atoms with van der Waals surface area (Å²) in [5.41, 5.74) is 1.17. The van der Waals surface area contributed by atoms with Crippen LogP contribution in [0.1, 0.15) is 5.56 Å². The van der Waals surface area contributed by atoms with Crippen LogP contribution in [0.4, 0.5) is 10.1 Å². The summed E-state index contributed by atoms with van der Waals surface area (Å²) in [4.78, 5) is 15.0. The van der Waals surface area contributed by atoms with Crippen molar-refractivity contribution >= 4 is 11.6 Å². The monoisotopic (exact) mass is 238 g/mol. The number of benzene rings is 1. The molecule has 1 saturated heterocycles. The molecule has 1 aliphatic rings. The summed E-state index contributed by atoms with van der Waals surface area (Å²) in [6, 6.07) is 4.39. The van der Waals surface area contributed by atoms with Crippen LogP contribution in [0.5, 0.6) is 0 Å². The van der Waals surface area contributed by atoms with Gasteiger partial charge in [0.15, 0.2) is 0 Å². The summed E-state index contributed by atoms with van der Waals surface area (Å²) in [5.74, 6) is -0.371. The van der Waals surface area contributed by atoms with E-state index in [1.54, 1.807) is 18.0 Å². The van der Waals surface area contributed by atoms with Gasteiger partial charge in [-0.25, -0.2) is 4.39 Å². The van der Waals surface area contributed by atoms with Crippen LogP contribution < -0.4 is 4.90 Å². The Morgan fingerprint density at radius 2 is 2.12 bits per heavy atom. The summed E-state index contributed by atoms with van der Waals surface area (Å²) in [6.07, 6.45) is 0. The van der Waals surface area contributed by atoms with Crippen LogP contribution in [-0.2, 0) is 11.4 Å². The molecule has 0 spiro atoms. The molecule has 92 valence electrons. The minimum absolute atomic E-state index is 0.0195. The van der Waals surface area contributed by atoms with Gasteiger partial charge in [0.2, 0.25) is 5.91 Å². The average molecular weight is 238 g/mol. The van der Waals surface area contributed by atoms with Crippen molar-refractivity contribution in [1.82, 2.24) is 4.90 Å². The van der Waals surface area contributed by atoms with Crippen molar-refractivity contribution in [2.75, 3.05) is 31.6 Å². The highest BCUT2D eigenvalue weighted by Gasteiger charge is 2.21. The molecule has 0 atom stereocenters. The van der Waals surface area contributed by atoms with E-state index in [0.29, 0.717) is 24.3 Å². The van der Waals surface area contributed by atoms with E-state index in [4.69, 9.17) is 5.11 Å². The van der Waals surface area contributed by atoms with Gasteiger partial charge in [0, 0.05) is 25.8 Å². The zero-order chi connectivity index (χ0) is 12.4. The first kappa shape index (κ1) is 11.9. The van der Waals surface area contributed by atoms with Crippen molar-refractivity contribution in [3.63, 3.8) is 0 Å². The highest BCUT2D eigenvalue weighted by molar-refractivity contribution is 5.82. The maximum absolute atomic E-state index is 13.3. The molecule has 1 amide bonds. The van der Waals surface area contributed by atoms with Gasteiger partial charge in [0.1, 0.15) is 5.82 Å². The molecule has 2 rings (SSSR count). The van der Waals surface area contributed by atoms with Crippen molar-refractivity contribution in [3.05, 3.63) is 29.6 Å². The number of rotatable bonds is 2. The third-order valence-electron chi connectivity index (χ3n) is 2.95. The van der Waals surface area contributed by atoms with Gasteiger partial charge in [0.25, 0.3) is 0 Å². The number of anilines is 1. The van der Waals surface area contributed by atoms with E-state index in [2.05, 4.69) is 0 Å². The van der Waals surface area contributed by atoms with Crippen molar-refractivity contribution < 1.29 is 14.3 Å². The van der Waals surface area contributed by atoms with E-state index < -0.39 is 5.82 Å². The normalized spacial score (nSPS) is 16.5. The van der Waals surface area contributed by atoms with Crippen molar-refractivity contribution in [3.8, 4) is 0 Å². The number of hydrogen-bond acceptors (Lipinski definition) is 3. The standard InChI is InChI=1S/C12H15FN2O2/c1-14-2-3-15(7-12(14)17)11-5-9(8-16)4-10(13)6-11/h4-6,16H,2-3,7-8H2,1H3. The van der Waals surface area contributed by atoms with Crippen molar-refractivity contribution in [2.45, 2.75) is 6.61 Å². The summed E-state index contributed by atoms with van der Waals surface area (Å²) in [7, 11) is 1.75. The van der Waals surface area contributed by atoms with E-state index in [0.717, 1.165) is 0 Å². The quantitative estimate of drug-likeness (QED) is 0.820. The molecule has 0 bridgehead atoms. The topological polar surface area (TPSA) is 43.8 Å². The van der Waals surface area contributed by atoms with Crippen LogP contribution in [0, 0.1) is 5.82 Å². The van der Waals surface area contributed by atoms with Gasteiger partial charge in [-0.3, -0.25) is 4.79 Å². The predicted octanol–water partition coefficient (Wildman–Crippen LogP) is 0.596. The second-order valence-electron chi connectivity index (χ2n) is 4.21. The Bertz CT molecular complexity index is 437. The van der Waals surface area contributed by atoms with Gasteiger partial charge in [-0.15, -0.1) is 0 Å². The van der Waals surface area contributed by atoms with Crippen molar-refractivity contribution in [2.24, 2.45) is 0 Å². The number of carbonyl (C=O) groups is 1. The lowest BCUT2D eigenvalue weighted by Gasteiger charge is -2.33. The third kappa shape index (κ3) is 2.55.